The van der Waals surface area contributed by atoms with Crippen molar-refractivity contribution in [1.82, 2.24) is 9.88 Å². The van der Waals surface area contributed by atoms with E-state index < -0.39 is 10.0 Å². The van der Waals surface area contributed by atoms with E-state index in [4.69, 9.17) is 11.8 Å². The molecule has 0 aliphatic carbocycles. The fourth-order valence-electron chi connectivity index (χ4n) is 3.19. The van der Waals surface area contributed by atoms with E-state index in [-0.39, 0.29) is 4.90 Å². The van der Waals surface area contributed by atoms with Gasteiger partial charge in [0.25, 0.3) is 10.0 Å². The molecule has 1 aromatic heterocycles. The third-order valence-electron chi connectivity index (χ3n) is 4.80. The second-order valence-electron chi connectivity index (χ2n) is 6.70. The lowest BCUT2D eigenvalue weighted by Gasteiger charge is -2.35. The molecule has 1 aliphatic heterocycles. The Balaban J connectivity index is 1.71. The molecular weight excluding hydrogens is 396 g/mol. The van der Waals surface area contributed by atoms with E-state index in [2.05, 4.69) is 28.3 Å². The second-order valence-corrected chi connectivity index (χ2v) is 9.02. The molecule has 8 heteroatoms. The molecule has 6 nitrogen and oxygen atoms in total. The maximum absolute atomic E-state index is 12.7. The molecule has 0 atom stereocenters. The number of aromatic nitrogens is 1. The molecule has 2 heterocycles. The smallest absolute Gasteiger partial charge is 0.278 e. The van der Waals surface area contributed by atoms with Crippen LogP contribution in [0.1, 0.15) is 18.9 Å². The summed E-state index contributed by atoms with van der Waals surface area (Å²) >= 11 is 6.16. The Morgan fingerprint density at radius 1 is 1.14 bits per heavy atom. The third-order valence-corrected chi connectivity index (χ3v) is 7.04. The van der Waals surface area contributed by atoms with Crippen LogP contribution in [0.25, 0.3) is 6.08 Å². The van der Waals surface area contributed by atoms with Gasteiger partial charge in [0.2, 0.25) is 0 Å². The van der Waals surface area contributed by atoms with Gasteiger partial charge in [-0.25, -0.2) is 4.98 Å². The summed E-state index contributed by atoms with van der Waals surface area (Å²) in [7, 11) is -3.86. The lowest BCUT2D eigenvalue weighted by Crippen LogP contribution is -2.46. The Kier molecular flexibility index (Phi) is 6.59. The fourth-order valence-corrected chi connectivity index (χ4v) is 4.58. The van der Waals surface area contributed by atoms with Gasteiger partial charge < -0.3 is 4.90 Å². The van der Waals surface area contributed by atoms with Crippen molar-refractivity contribution in [3.8, 4) is 0 Å². The molecule has 0 N–H and O–H groups in total. The molecule has 0 unspecified atom stereocenters. The summed E-state index contributed by atoms with van der Waals surface area (Å²) in [5.74, 6) is 0.831. The summed E-state index contributed by atoms with van der Waals surface area (Å²) in [5.41, 5.74) is 1.15. The quantitative estimate of drug-likeness (QED) is 0.640. The molecule has 0 bridgehead atoms. The predicted octanol–water partition coefficient (Wildman–Crippen LogP) is 3.61. The lowest BCUT2D eigenvalue weighted by atomic mass is 10.2. The number of nitrogens with zero attached hydrogens (tertiary/aromatic N) is 4. The number of benzene rings is 1. The monoisotopic (exact) mass is 420 g/mol. The van der Waals surface area contributed by atoms with Gasteiger partial charge in [-0.1, -0.05) is 31.7 Å². The van der Waals surface area contributed by atoms with Crippen LogP contribution in [0.4, 0.5) is 11.5 Å². The highest BCUT2D eigenvalue weighted by molar-refractivity contribution is 7.94. The summed E-state index contributed by atoms with van der Waals surface area (Å²) in [6.07, 6.45) is 4.30. The molecule has 1 fully saturated rings. The first-order valence-corrected chi connectivity index (χ1v) is 11.1. The zero-order valence-electron chi connectivity index (χ0n) is 16.0. The van der Waals surface area contributed by atoms with Crippen molar-refractivity contribution in [2.45, 2.75) is 18.2 Å². The Bertz CT molecular complexity index is 893. The largest absolute Gasteiger partial charge is 0.354 e. The van der Waals surface area contributed by atoms with Gasteiger partial charge in [0.1, 0.15) is 5.82 Å². The summed E-state index contributed by atoms with van der Waals surface area (Å²) in [6.45, 7) is 10.8. The van der Waals surface area contributed by atoms with Crippen LogP contribution < -0.4 is 8.72 Å². The van der Waals surface area contributed by atoms with Crippen LogP contribution in [0, 0.1) is 0 Å². The first-order valence-electron chi connectivity index (χ1n) is 9.32. The number of anilines is 2. The van der Waals surface area contributed by atoms with Crippen LogP contribution in [0.15, 0.2) is 54.1 Å². The highest BCUT2D eigenvalue weighted by Gasteiger charge is 2.24. The van der Waals surface area contributed by atoms with Gasteiger partial charge in [0, 0.05) is 38.0 Å². The molecule has 0 spiro atoms. The van der Waals surface area contributed by atoms with Crippen molar-refractivity contribution in [1.29, 1.82) is 0 Å². The average Bonchev–Trinajstić information content (AvgIpc) is 2.74. The summed E-state index contributed by atoms with van der Waals surface area (Å²) in [4.78, 5) is 9.19. The molecule has 1 aliphatic rings. The zero-order valence-corrected chi connectivity index (χ0v) is 17.5. The predicted molar refractivity (Wildman–Crippen MR) is 115 cm³/mol. The minimum Gasteiger partial charge on any atom is -0.354 e. The van der Waals surface area contributed by atoms with Crippen molar-refractivity contribution in [2.75, 3.05) is 41.4 Å². The van der Waals surface area contributed by atoms with Crippen molar-refractivity contribution in [3.63, 3.8) is 0 Å². The van der Waals surface area contributed by atoms with Crippen LogP contribution in [0.3, 0.4) is 0 Å². The Morgan fingerprint density at radius 3 is 2.36 bits per heavy atom. The zero-order chi connectivity index (χ0) is 20.1. The van der Waals surface area contributed by atoms with Gasteiger partial charge in [-0.2, -0.15) is 12.2 Å². The van der Waals surface area contributed by atoms with Crippen molar-refractivity contribution < 1.29 is 8.42 Å². The van der Waals surface area contributed by atoms with Crippen LogP contribution in [-0.2, 0) is 10.0 Å². The molecule has 0 radical (unpaired) electrons. The van der Waals surface area contributed by atoms with E-state index in [0.29, 0.717) is 5.69 Å². The summed E-state index contributed by atoms with van der Waals surface area (Å²) in [6, 6.07) is 9.90. The highest BCUT2D eigenvalue weighted by atomic mass is 35.5. The SMILES string of the molecule is C=Cc1ccc(S(=O)(=O)N(Cl)c2ccc(N3CCN(CCC)CC3)nc2)cc1. The van der Waals surface area contributed by atoms with Crippen molar-refractivity contribution >= 4 is 39.4 Å². The van der Waals surface area contributed by atoms with E-state index in [1.165, 1.54) is 18.3 Å². The van der Waals surface area contributed by atoms with Gasteiger partial charge in [0.15, 0.2) is 0 Å². The second kappa shape index (κ2) is 8.94. The number of piperazine rings is 1. The summed E-state index contributed by atoms with van der Waals surface area (Å²) < 4.78 is 26.2. The van der Waals surface area contributed by atoms with Gasteiger partial charge in [-0.15, -0.1) is 0 Å². The van der Waals surface area contributed by atoms with Gasteiger partial charge >= 0.3 is 0 Å². The maximum atomic E-state index is 12.7. The maximum Gasteiger partial charge on any atom is 0.278 e. The lowest BCUT2D eigenvalue weighted by molar-refractivity contribution is 0.258. The number of hydrogen-bond donors (Lipinski definition) is 0. The Hall–Kier alpha value is -2.09. The van der Waals surface area contributed by atoms with E-state index in [0.717, 1.165) is 54.4 Å². The first-order chi connectivity index (χ1) is 13.5. The normalized spacial score (nSPS) is 15.4. The van der Waals surface area contributed by atoms with Gasteiger partial charge in [0.05, 0.1) is 16.8 Å². The molecule has 0 amide bonds. The molecule has 1 aromatic carbocycles. The molecule has 28 heavy (non-hydrogen) atoms. The average molecular weight is 421 g/mol. The van der Waals surface area contributed by atoms with Crippen LogP contribution in [0.5, 0.6) is 0 Å². The van der Waals surface area contributed by atoms with E-state index in [1.807, 2.05) is 6.07 Å². The molecular formula is C20H25ClN4O2S. The Morgan fingerprint density at radius 2 is 1.82 bits per heavy atom. The van der Waals surface area contributed by atoms with Gasteiger partial charge in [-0.3, -0.25) is 4.90 Å². The van der Waals surface area contributed by atoms with E-state index in [1.54, 1.807) is 24.3 Å². The fraction of sp³-hybridized carbons (Fsp3) is 0.350. The number of sulfonamides is 1. The molecule has 3 rings (SSSR count). The van der Waals surface area contributed by atoms with E-state index in [9.17, 15) is 8.42 Å². The van der Waals surface area contributed by atoms with Gasteiger partial charge in [-0.05, 0) is 42.8 Å². The minimum atomic E-state index is -3.86. The van der Waals surface area contributed by atoms with Crippen molar-refractivity contribution in [3.05, 3.63) is 54.7 Å². The number of halogens is 1. The molecule has 0 saturated carbocycles. The van der Waals surface area contributed by atoms with Crippen molar-refractivity contribution in [2.24, 2.45) is 0 Å². The van der Waals surface area contributed by atoms with Crippen LogP contribution in [0.2, 0.25) is 0 Å². The highest BCUT2D eigenvalue weighted by Crippen LogP contribution is 2.27. The van der Waals surface area contributed by atoms with E-state index >= 15 is 0 Å². The number of rotatable bonds is 7. The number of pyridine rings is 1. The van der Waals surface area contributed by atoms with Crippen LogP contribution >= 0.6 is 11.8 Å². The standard InChI is InChI=1S/C20H25ClN4O2S/c1-3-11-23-12-14-24(15-13-23)20-10-7-18(16-22-20)25(21)28(26,27)19-8-5-17(4-2)6-9-19/h4-10,16H,2-3,11-15H2,1H3. The molecule has 2 aromatic rings. The first kappa shape index (κ1) is 20.6. The molecule has 1 saturated heterocycles. The number of hydrogen-bond acceptors (Lipinski definition) is 5. The third kappa shape index (κ3) is 4.48. The Labute approximate surface area is 172 Å². The van der Waals surface area contributed by atoms with Crippen LogP contribution in [-0.4, -0.2) is 51.0 Å². The topological polar surface area (TPSA) is 56.8 Å². The minimum absolute atomic E-state index is 0.115. The molecule has 150 valence electrons. The summed E-state index contributed by atoms with van der Waals surface area (Å²) in [5, 5.41) is 0.